The first-order valence-corrected chi connectivity index (χ1v) is 7.48. The zero-order valence-electron chi connectivity index (χ0n) is 11.9. The molecule has 1 aromatic carbocycles. The highest BCUT2D eigenvalue weighted by Gasteiger charge is 2.35. The van der Waals surface area contributed by atoms with Gasteiger partial charge >= 0.3 is 11.8 Å². The second kappa shape index (κ2) is 5.48. The molecule has 2 aliphatic carbocycles. The number of hydrogen-bond acceptors (Lipinski definition) is 3. The number of aliphatic hydroxyl groups is 1. The van der Waals surface area contributed by atoms with Gasteiger partial charge in [0.25, 0.3) is 0 Å². The highest BCUT2D eigenvalue weighted by molar-refractivity contribution is 6.35. The molecule has 0 saturated heterocycles. The molecule has 112 valence electrons. The molecule has 3 rings (SSSR count). The number of amides is 2. The van der Waals surface area contributed by atoms with Crippen LogP contribution < -0.4 is 10.6 Å². The molecular weight excluding hydrogens is 268 g/mol. The van der Waals surface area contributed by atoms with Gasteiger partial charge in [0.05, 0.1) is 6.54 Å². The van der Waals surface area contributed by atoms with Gasteiger partial charge in [-0.05, 0) is 43.2 Å². The number of carbonyl (C=O) groups is 2. The summed E-state index contributed by atoms with van der Waals surface area (Å²) in [6, 6.07) is 7.89. The van der Waals surface area contributed by atoms with Crippen LogP contribution in [0.1, 0.15) is 36.8 Å². The van der Waals surface area contributed by atoms with Crippen LogP contribution in [0.3, 0.4) is 0 Å². The van der Waals surface area contributed by atoms with Crippen molar-refractivity contribution in [3.8, 4) is 0 Å². The van der Waals surface area contributed by atoms with Crippen LogP contribution in [0.4, 0.5) is 0 Å². The first-order chi connectivity index (χ1) is 10.1. The molecule has 1 saturated carbocycles. The molecule has 0 bridgehead atoms. The Balaban J connectivity index is 1.64. The molecule has 2 aliphatic rings. The molecule has 1 atom stereocenters. The zero-order chi connectivity index (χ0) is 14.9. The maximum atomic E-state index is 11.8. The molecule has 1 aromatic rings. The van der Waals surface area contributed by atoms with Gasteiger partial charge in [-0.25, -0.2) is 0 Å². The average molecular weight is 288 g/mol. The quantitative estimate of drug-likeness (QED) is 0.713. The van der Waals surface area contributed by atoms with Crippen molar-refractivity contribution in [1.82, 2.24) is 10.6 Å². The lowest BCUT2D eigenvalue weighted by Gasteiger charge is -2.34. The SMILES string of the molecule is O=C(NCC1(O)CCCc2ccccc21)C(=O)NC1CC1. The summed E-state index contributed by atoms with van der Waals surface area (Å²) < 4.78 is 0. The molecular formula is C16H20N2O3. The van der Waals surface area contributed by atoms with Crippen LogP contribution in [0, 0.1) is 0 Å². The smallest absolute Gasteiger partial charge is 0.309 e. The molecule has 5 heteroatoms. The predicted molar refractivity (Wildman–Crippen MR) is 77.5 cm³/mol. The van der Waals surface area contributed by atoms with E-state index in [1.807, 2.05) is 24.3 Å². The van der Waals surface area contributed by atoms with Crippen molar-refractivity contribution in [3.63, 3.8) is 0 Å². The second-order valence-corrected chi connectivity index (χ2v) is 5.97. The van der Waals surface area contributed by atoms with Gasteiger partial charge < -0.3 is 15.7 Å². The van der Waals surface area contributed by atoms with E-state index in [1.165, 1.54) is 0 Å². The van der Waals surface area contributed by atoms with E-state index in [0.29, 0.717) is 6.42 Å². The molecule has 21 heavy (non-hydrogen) atoms. The lowest BCUT2D eigenvalue weighted by atomic mass is 9.79. The fourth-order valence-electron chi connectivity index (χ4n) is 2.87. The minimum absolute atomic E-state index is 0.0704. The minimum atomic E-state index is -1.08. The van der Waals surface area contributed by atoms with Gasteiger partial charge in [-0.1, -0.05) is 24.3 Å². The number of carbonyl (C=O) groups excluding carboxylic acids is 2. The van der Waals surface area contributed by atoms with Crippen LogP contribution in [0.15, 0.2) is 24.3 Å². The van der Waals surface area contributed by atoms with E-state index in [-0.39, 0.29) is 12.6 Å². The highest BCUT2D eigenvalue weighted by atomic mass is 16.3. The average Bonchev–Trinajstić information content (AvgIpc) is 3.29. The Labute approximate surface area is 123 Å². The van der Waals surface area contributed by atoms with Crippen molar-refractivity contribution < 1.29 is 14.7 Å². The van der Waals surface area contributed by atoms with Crippen molar-refractivity contribution in [2.75, 3.05) is 6.54 Å². The molecule has 0 spiro atoms. The maximum Gasteiger partial charge on any atom is 0.309 e. The van der Waals surface area contributed by atoms with Gasteiger partial charge in [0.15, 0.2) is 0 Å². The summed E-state index contributed by atoms with van der Waals surface area (Å²) in [5.41, 5.74) is 0.895. The third kappa shape index (κ3) is 3.08. The van der Waals surface area contributed by atoms with E-state index < -0.39 is 17.4 Å². The molecule has 2 amide bonds. The Bertz CT molecular complexity index is 568. The first-order valence-electron chi connectivity index (χ1n) is 7.48. The van der Waals surface area contributed by atoms with E-state index in [0.717, 1.165) is 36.8 Å². The third-order valence-corrected chi connectivity index (χ3v) is 4.22. The second-order valence-electron chi connectivity index (χ2n) is 5.97. The topological polar surface area (TPSA) is 78.4 Å². The van der Waals surface area contributed by atoms with Crippen molar-refractivity contribution in [3.05, 3.63) is 35.4 Å². The third-order valence-electron chi connectivity index (χ3n) is 4.22. The Morgan fingerprint density at radius 1 is 1.24 bits per heavy atom. The van der Waals surface area contributed by atoms with Gasteiger partial charge in [0, 0.05) is 6.04 Å². The van der Waals surface area contributed by atoms with E-state index >= 15 is 0 Å². The molecule has 1 unspecified atom stereocenters. The summed E-state index contributed by atoms with van der Waals surface area (Å²) >= 11 is 0. The molecule has 0 aliphatic heterocycles. The highest BCUT2D eigenvalue weighted by Crippen LogP contribution is 2.34. The van der Waals surface area contributed by atoms with Gasteiger partial charge in [-0.3, -0.25) is 9.59 Å². The summed E-state index contributed by atoms with van der Waals surface area (Å²) in [4.78, 5) is 23.4. The van der Waals surface area contributed by atoms with E-state index in [9.17, 15) is 14.7 Å². The fraction of sp³-hybridized carbons (Fsp3) is 0.500. The van der Waals surface area contributed by atoms with Gasteiger partial charge in [-0.2, -0.15) is 0 Å². The van der Waals surface area contributed by atoms with Crippen LogP contribution in [0.25, 0.3) is 0 Å². The van der Waals surface area contributed by atoms with Crippen LogP contribution in [0.2, 0.25) is 0 Å². The van der Waals surface area contributed by atoms with Gasteiger partial charge in [-0.15, -0.1) is 0 Å². The summed E-state index contributed by atoms with van der Waals surface area (Å²) in [7, 11) is 0. The summed E-state index contributed by atoms with van der Waals surface area (Å²) in [5, 5.41) is 16.0. The van der Waals surface area contributed by atoms with Crippen molar-refractivity contribution in [1.29, 1.82) is 0 Å². The molecule has 5 nitrogen and oxygen atoms in total. The lowest BCUT2D eigenvalue weighted by molar-refractivity contribution is -0.140. The van der Waals surface area contributed by atoms with Crippen LogP contribution in [-0.2, 0) is 21.6 Å². The van der Waals surface area contributed by atoms with E-state index in [4.69, 9.17) is 0 Å². The molecule has 0 aromatic heterocycles. The maximum absolute atomic E-state index is 11.8. The number of fused-ring (bicyclic) bond motifs is 1. The van der Waals surface area contributed by atoms with Crippen molar-refractivity contribution >= 4 is 11.8 Å². The largest absolute Gasteiger partial charge is 0.383 e. The van der Waals surface area contributed by atoms with Crippen LogP contribution in [-0.4, -0.2) is 29.5 Å². The molecule has 1 fully saturated rings. The standard InChI is InChI=1S/C16H20N2O3/c19-14(15(20)18-12-7-8-12)17-10-16(21)9-3-5-11-4-1-2-6-13(11)16/h1-2,4,6,12,21H,3,5,7-10H2,(H,17,19)(H,18,20). The van der Waals surface area contributed by atoms with Gasteiger partial charge in [0.1, 0.15) is 5.60 Å². The number of aryl methyl sites for hydroxylation is 1. The fourth-order valence-corrected chi connectivity index (χ4v) is 2.87. The Kier molecular flexibility index (Phi) is 3.68. The Morgan fingerprint density at radius 2 is 2.00 bits per heavy atom. The first kappa shape index (κ1) is 14.1. The van der Waals surface area contributed by atoms with Crippen molar-refractivity contribution in [2.45, 2.75) is 43.7 Å². The monoisotopic (exact) mass is 288 g/mol. The summed E-state index contributed by atoms with van der Waals surface area (Å²) in [6.07, 6.45) is 4.29. The predicted octanol–water partition coefficient (Wildman–Crippen LogP) is 0.605. The molecule has 0 heterocycles. The number of benzene rings is 1. The Morgan fingerprint density at radius 3 is 2.76 bits per heavy atom. The zero-order valence-corrected chi connectivity index (χ0v) is 11.9. The van der Waals surface area contributed by atoms with Gasteiger partial charge in [0.2, 0.25) is 0 Å². The van der Waals surface area contributed by atoms with Crippen LogP contribution in [0.5, 0.6) is 0 Å². The number of nitrogens with one attached hydrogen (secondary N) is 2. The number of hydrogen-bond donors (Lipinski definition) is 3. The molecule has 0 radical (unpaired) electrons. The summed E-state index contributed by atoms with van der Waals surface area (Å²) in [5.74, 6) is -1.27. The minimum Gasteiger partial charge on any atom is -0.383 e. The molecule has 3 N–H and O–H groups in total. The van der Waals surface area contributed by atoms with Crippen molar-refractivity contribution in [2.24, 2.45) is 0 Å². The van der Waals surface area contributed by atoms with E-state index in [2.05, 4.69) is 10.6 Å². The Hall–Kier alpha value is -1.88. The van der Waals surface area contributed by atoms with Crippen LogP contribution >= 0.6 is 0 Å². The summed E-state index contributed by atoms with van der Waals surface area (Å²) in [6.45, 7) is 0.0704. The normalized spacial score (nSPS) is 24.0. The van der Waals surface area contributed by atoms with E-state index in [1.54, 1.807) is 0 Å². The number of rotatable bonds is 3. The lowest BCUT2D eigenvalue weighted by Crippen LogP contribution is -2.47.